The molecule has 1 aromatic rings. The van der Waals surface area contributed by atoms with Crippen LogP contribution in [-0.4, -0.2) is 41.4 Å². The summed E-state index contributed by atoms with van der Waals surface area (Å²) in [6.07, 6.45) is 3.49. The zero-order valence-electron chi connectivity index (χ0n) is 15.6. The smallest absolute Gasteiger partial charge is 0.325 e. The molecule has 1 heterocycles. The molecule has 150 valence electrons. The molecule has 0 aromatic heterocycles. The maximum Gasteiger partial charge on any atom is 0.325 e. The summed E-state index contributed by atoms with van der Waals surface area (Å²) < 4.78 is 13.3. The second-order valence-corrected chi connectivity index (χ2v) is 7.13. The lowest BCUT2D eigenvalue weighted by atomic mass is 9.85. The number of benzene rings is 1. The maximum atomic E-state index is 13.3. The Bertz CT molecular complexity index is 794. The second kappa shape index (κ2) is 7.95. The zero-order valence-corrected chi connectivity index (χ0v) is 15.6. The molecule has 3 rings (SSSR count). The van der Waals surface area contributed by atoms with Crippen LogP contribution in [0.5, 0.6) is 0 Å². The van der Waals surface area contributed by atoms with Crippen molar-refractivity contribution in [3.8, 4) is 0 Å². The predicted octanol–water partition coefficient (Wildman–Crippen LogP) is 1.75. The van der Waals surface area contributed by atoms with Gasteiger partial charge in [-0.1, -0.05) is 31.9 Å². The van der Waals surface area contributed by atoms with Crippen molar-refractivity contribution in [2.24, 2.45) is 0 Å². The Morgan fingerprint density at radius 1 is 1.25 bits per heavy atom. The number of hydrogen-bond donors (Lipinski definition) is 3. The molecule has 1 saturated heterocycles. The Labute approximate surface area is 161 Å². The second-order valence-electron chi connectivity index (χ2n) is 7.13. The van der Waals surface area contributed by atoms with Crippen molar-refractivity contribution in [1.82, 2.24) is 20.9 Å². The minimum atomic E-state index is -1.35. The third-order valence-corrected chi connectivity index (χ3v) is 4.89. The number of urea groups is 2. The van der Waals surface area contributed by atoms with Crippen LogP contribution in [0.3, 0.4) is 0 Å². The summed E-state index contributed by atoms with van der Waals surface area (Å²) in [4.78, 5) is 50.1. The molecule has 1 aliphatic heterocycles. The quantitative estimate of drug-likeness (QED) is 0.617. The first-order valence-electron chi connectivity index (χ1n) is 9.36. The zero-order chi connectivity index (χ0) is 20.3. The van der Waals surface area contributed by atoms with Crippen LogP contribution in [0.2, 0.25) is 0 Å². The van der Waals surface area contributed by atoms with E-state index >= 15 is 0 Å². The minimum Gasteiger partial charge on any atom is -0.335 e. The van der Waals surface area contributed by atoms with Crippen molar-refractivity contribution >= 4 is 23.9 Å². The largest absolute Gasteiger partial charge is 0.335 e. The third kappa shape index (κ3) is 4.13. The monoisotopic (exact) mass is 390 g/mol. The lowest BCUT2D eigenvalue weighted by Crippen LogP contribution is -2.47. The van der Waals surface area contributed by atoms with Crippen LogP contribution in [0.4, 0.5) is 14.0 Å². The fourth-order valence-corrected chi connectivity index (χ4v) is 3.21. The normalized spacial score (nSPS) is 21.4. The van der Waals surface area contributed by atoms with Gasteiger partial charge in [0.2, 0.25) is 5.91 Å². The highest BCUT2D eigenvalue weighted by atomic mass is 19.1. The summed E-state index contributed by atoms with van der Waals surface area (Å²) in [5, 5.41) is 7.39. The van der Waals surface area contributed by atoms with Gasteiger partial charge in [-0.3, -0.25) is 19.8 Å². The predicted molar refractivity (Wildman–Crippen MR) is 97.5 cm³/mol. The van der Waals surface area contributed by atoms with Crippen molar-refractivity contribution in [3.05, 3.63) is 35.6 Å². The van der Waals surface area contributed by atoms with Gasteiger partial charge in [0.25, 0.3) is 5.91 Å². The number of nitrogens with zero attached hydrogens (tertiary/aromatic N) is 1. The van der Waals surface area contributed by atoms with Crippen LogP contribution >= 0.6 is 0 Å². The molecule has 28 heavy (non-hydrogen) atoms. The number of carbonyl (C=O) groups excluding carboxylic acids is 4. The first-order valence-corrected chi connectivity index (χ1v) is 9.36. The Morgan fingerprint density at radius 3 is 2.54 bits per heavy atom. The van der Waals surface area contributed by atoms with Crippen molar-refractivity contribution in [3.63, 3.8) is 0 Å². The molecule has 2 aliphatic rings. The van der Waals surface area contributed by atoms with Crippen molar-refractivity contribution in [2.75, 3.05) is 6.54 Å². The van der Waals surface area contributed by atoms with Crippen molar-refractivity contribution in [1.29, 1.82) is 0 Å². The van der Waals surface area contributed by atoms with Gasteiger partial charge in [-0.25, -0.2) is 14.0 Å². The van der Waals surface area contributed by atoms with Crippen LogP contribution in [0.15, 0.2) is 24.3 Å². The number of imide groups is 2. The summed E-state index contributed by atoms with van der Waals surface area (Å²) in [5.74, 6) is -1.80. The van der Waals surface area contributed by atoms with E-state index in [0.717, 1.165) is 24.2 Å². The lowest BCUT2D eigenvalue weighted by molar-refractivity contribution is -0.135. The van der Waals surface area contributed by atoms with Crippen LogP contribution in [-0.2, 0) is 15.1 Å². The number of nitrogens with one attached hydrogen (secondary N) is 3. The van der Waals surface area contributed by atoms with Gasteiger partial charge >= 0.3 is 12.1 Å². The number of halogens is 1. The fourth-order valence-electron chi connectivity index (χ4n) is 3.21. The molecule has 1 aliphatic carbocycles. The average molecular weight is 390 g/mol. The van der Waals surface area contributed by atoms with Gasteiger partial charge < -0.3 is 10.6 Å². The van der Waals surface area contributed by atoms with Gasteiger partial charge in [0.05, 0.1) is 0 Å². The fraction of sp³-hybridized carbons (Fsp3) is 0.474. The van der Waals surface area contributed by atoms with E-state index in [-0.39, 0.29) is 6.04 Å². The van der Waals surface area contributed by atoms with Crippen LogP contribution < -0.4 is 16.0 Å². The summed E-state index contributed by atoms with van der Waals surface area (Å²) in [6.45, 7) is 1.38. The molecular weight excluding hydrogens is 367 g/mol. The van der Waals surface area contributed by atoms with E-state index in [2.05, 4.69) is 16.0 Å². The molecular formula is C19H23FN4O4. The molecule has 1 aromatic carbocycles. The maximum absolute atomic E-state index is 13.3. The molecule has 9 heteroatoms. The minimum absolute atomic E-state index is 0.0738. The number of unbranched alkanes of at least 4 members (excludes halogenated alkanes) is 1. The van der Waals surface area contributed by atoms with Gasteiger partial charge in [-0.2, -0.15) is 0 Å². The van der Waals surface area contributed by atoms with Crippen LogP contribution in [0, 0.1) is 5.82 Å². The van der Waals surface area contributed by atoms with E-state index in [9.17, 15) is 23.6 Å². The van der Waals surface area contributed by atoms with Crippen molar-refractivity contribution < 1.29 is 23.6 Å². The summed E-state index contributed by atoms with van der Waals surface area (Å²) in [7, 11) is 0. The highest BCUT2D eigenvalue weighted by Crippen LogP contribution is 2.34. The van der Waals surface area contributed by atoms with Crippen molar-refractivity contribution in [2.45, 2.75) is 50.6 Å². The van der Waals surface area contributed by atoms with Crippen LogP contribution in [0.1, 0.15) is 44.6 Å². The summed E-state index contributed by atoms with van der Waals surface area (Å²) in [5.41, 5.74) is -0.896. The molecule has 0 unspecified atom stereocenters. The molecule has 1 saturated carbocycles. The first-order chi connectivity index (χ1) is 13.4. The van der Waals surface area contributed by atoms with E-state index in [0.29, 0.717) is 18.4 Å². The van der Waals surface area contributed by atoms with Gasteiger partial charge in [0.15, 0.2) is 0 Å². The van der Waals surface area contributed by atoms with E-state index in [1.807, 2.05) is 6.92 Å². The van der Waals surface area contributed by atoms with Gasteiger partial charge in [-0.15, -0.1) is 0 Å². The van der Waals surface area contributed by atoms with Gasteiger partial charge in [0, 0.05) is 6.04 Å². The SMILES string of the molecule is CCCC[C@]1(c2ccc(F)cc2)NC(=O)N(CC(=O)NC(=O)NC2CC2)C1=O. The molecule has 1 atom stereocenters. The molecule has 0 bridgehead atoms. The molecule has 0 radical (unpaired) electrons. The third-order valence-electron chi connectivity index (χ3n) is 4.89. The molecule has 8 nitrogen and oxygen atoms in total. The Morgan fingerprint density at radius 2 is 1.93 bits per heavy atom. The highest BCUT2D eigenvalue weighted by molar-refractivity contribution is 6.10. The van der Waals surface area contributed by atoms with E-state index < -0.39 is 41.8 Å². The molecule has 6 amide bonds. The standard InChI is InChI=1S/C19H23FN4O4/c1-2-3-10-19(12-4-6-13(20)7-5-12)16(26)24(18(28)23-19)11-15(25)22-17(27)21-14-8-9-14/h4-7,14H,2-3,8-11H2,1H3,(H,23,28)(H2,21,22,25,27)/t19-/m1/s1. The van der Waals surface area contributed by atoms with Gasteiger partial charge in [0.1, 0.15) is 17.9 Å². The Kier molecular flexibility index (Phi) is 5.62. The Balaban J connectivity index is 1.75. The summed E-state index contributed by atoms with van der Waals surface area (Å²) >= 11 is 0. The first kappa shape index (κ1) is 19.8. The highest BCUT2D eigenvalue weighted by Gasteiger charge is 2.52. The lowest BCUT2D eigenvalue weighted by Gasteiger charge is -2.27. The summed E-state index contributed by atoms with van der Waals surface area (Å²) in [6, 6.07) is 4.06. The van der Waals surface area contributed by atoms with Crippen LogP contribution in [0.25, 0.3) is 0 Å². The molecule has 3 N–H and O–H groups in total. The Hall–Kier alpha value is -2.97. The number of amides is 6. The van der Waals surface area contributed by atoms with E-state index in [4.69, 9.17) is 0 Å². The topological polar surface area (TPSA) is 108 Å². The number of carbonyl (C=O) groups is 4. The molecule has 0 spiro atoms. The number of rotatable bonds is 7. The van der Waals surface area contributed by atoms with E-state index in [1.165, 1.54) is 24.3 Å². The van der Waals surface area contributed by atoms with E-state index in [1.54, 1.807) is 0 Å². The average Bonchev–Trinajstić information content (AvgIpc) is 3.43. The van der Waals surface area contributed by atoms with Gasteiger partial charge in [-0.05, 0) is 37.0 Å². The molecule has 2 fully saturated rings. The number of hydrogen-bond acceptors (Lipinski definition) is 4.